The molecule has 0 aromatic heterocycles. The van der Waals surface area contributed by atoms with Gasteiger partial charge in [-0.25, -0.2) is 0 Å². The number of likely N-dealkylation sites (N-methyl/N-ethyl adjacent to an activating group) is 1. The van der Waals surface area contributed by atoms with E-state index in [1.807, 2.05) is 11.8 Å². The van der Waals surface area contributed by atoms with E-state index in [-0.39, 0.29) is 0 Å². The summed E-state index contributed by atoms with van der Waals surface area (Å²) in [5.41, 5.74) is 1.58. The average Bonchev–Trinajstić information content (AvgIpc) is 2.94. The summed E-state index contributed by atoms with van der Waals surface area (Å²) in [4.78, 5) is 1.51. The smallest absolute Gasteiger partial charge is 0.0147 e. The van der Waals surface area contributed by atoms with E-state index < -0.39 is 0 Å². The first-order valence-corrected chi connectivity index (χ1v) is 9.73. The Morgan fingerprint density at radius 1 is 1.24 bits per heavy atom. The molecule has 1 aliphatic rings. The van der Waals surface area contributed by atoms with E-state index in [1.54, 1.807) is 5.56 Å². The van der Waals surface area contributed by atoms with Crippen LogP contribution >= 0.6 is 11.8 Å². The molecule has 118 valence electrons. The van der Waals surface area contributed by atoms with Crippen molar-refractivity contribution in [3.05, 3.63) is 29.8 Å². The third kappa shape index (κ3) is 4.50. The van der Waals surface area contributed by atoms with Crippen LogP contribution in [-0.2, 0) is 0 Å². The molecule has 0 amide bonds. The molecule has 3 unspecified atom stereocenters. The van der Waals surface area contributed by atoms with Gasteiger partial charge in [-0.1, -0.05) is 64.7 Å². The first-order valence-electron chi connectivity index (χ1n) is 8.75. The summed E-state index contributed by atoms with van der Waals surface area (Å²) in [7, 11) is 0. The van der Waals surface area contributed by atoms with E-state index >= 15 is 0 Å². The number of benzene rings is 1. The summed E-state index contributed by atoms with van der Waals surface area (Å²) in [6.45, 7) is 7.99. The highest BCUT2D eigenvalue weighted by Crippen LogP contribution is 2.42. The van der Waals surface area contributed by atoms with Crippen LogP contribution in [0.25, 0.3) is 0 Å². The van der Waals surface area contributed by atoms with Gasteiger partial charge in [0.15, 0.2) is 0 Å². The van der Waals surface area contributed by atoms with E-state index in [9.17, 15) is 0 Å². The molecule has 21 heavy (non-hydrogen) atoms. The Labute approximate surface area is 135 Å². The van der Waals surface area contributed by atoms with Crippen LogP contribution in [-0.4, -0.2) is 18.3 Å². The molecule has 0 radical (unpaired) electrons. The molecule has 1 nitrogen and oxygen atoms in total. The van der Waals surface area contributed by atoms with Crippen LogP contribution in [0, 0.1) is 5.92 Å². The van der Waals surface area contributed by atoms with Crippen molar-refractivity contribution < 1.29 is 0 Å². The molecule has 0 aliphatic carbocycles. The Morgan fingerprint density at radius 3 is 2.76 bits per heavy atom. The Balaban J connectivity index is 2.05. The monoisotopic (exact) mass is 305 g/mol. The van der Waals surface area contributed by atoms with Crippen molar-refractivity contribution in [1.82, 2.24) is 5.32 Å². The summed E-state index contributed by atoms with van der Waals surface area (Å²) in [5, 5.41) is 3.79. The Hall–Kier alpha value is -0.470. The van der Waals surface area contributed by atoms with Crippen LogP contribution in [0.5, 0.6) is 0 Å². The lowest BCUT2D eigenvalue weighted by molar-refractivity contribution is 0.329. The largest absolute Gasteiger partial charge is 0.314 e. The third-order valence-corrected chi connectivity index (χ3v) is 6.03. The maximum atomic E-state index is 3.79. The van der Waals surface area contributed by atoms with Gasteiger partial charge < -0.3 is 5.32 Å². The molecule has 2 rings (SSSR count). The predicted molar refractivity (Wildman–Crippen MR) is 95.3 cm³/mol. The van der Waals surface area contributed by atoms with Crippen LogP contribution in [0.4, 0.5) is 0 Å². The summed E-state index contributed by atoms with van der Waals surface area (Å²) in [5.74, 6) is 2.83. The molecule has 2 heteroatoms. The molecular formula is C19H31NS. The molecule has 1 heterocycles. The predicted octanol–water partition coefficient (Wildman–Crippen LogP) is 5.46. The standard InChI is InChI=1S/C19H31NS/c1-4-7-10-15(5-2)13-18(20-6-3)17-14-21-19-12-9-8-11-16(17)19/h8-9,11-12,15,17-18,20H,4-7,10,13-14H2,1-3H3. The number of fused-ring (bicyclic) bond motifs is 1. The summed E-state index contributed by atoms with van der Waals surface area (Å²) in [6.07, 6.45) is 6.77. The van der Waals surface area contributed by atoms with Gasteiger partial charge in [-0.2, -0.15) is 0 Å². The topological polar surface area (TPSA) is 12.0 Å². The minimum atomic E-state index is 0.646. The number of rotatable bonds is 9. The zero-order chi connectivity index (χ0) is 15.1. The Morgan fingerprint density at radius 2 is 2.05 bits per heavy atom. The Kier molecular flexibility index (Phi) is 7.12. The fourth-order valence-electron chi connectivity index (χ4n) is 3.51. The SMILES string of the molecule is CCCCC(CC)CC(NCC)C1CSc2ccccc21. The minimum Gasteiger partial charge on any atom is -0.314 e. The van der Waals surface area contributed by atoms with E-state index in [1.165, 1.54) is 42.8 Å². The highest BCUT2D eigenvalue weighted by molar-refractivity contribution is 7.99. The van der Waals surface area contributed by atoms with Gasteiger partial charge in [0.2, 0.25) is 0 Å². The number of hydrogen-bond donors (Lipinski definition) is 1. The lowest BCUT2D eigenvalue weighted by Crippen LogP contribution is -2.36. The molecular weight excluding hydrogens is 274 g/mol. The number of nitrogens with one attached hydrogen (secondary N) is 1. The van der Waals surface area contributed by atoms with Gasteiger partial charge in [0, 0.05) is 22.6 Å². The minimum absolute atomic E-state index is 0.646. The van der Waals surface area contributed by atoms with Crippen LogP contribution in [0.2, 0.25) is 0 Å². The van der Waals surface area contributed by atoms with Crippen LogP contribution in [0.3, 0.4) is 0 Å². The van der Waals surface area contributed by atoms with Gasteiger partial charge in [-0.05, 0) is 30.5 Å². The molecule has 1 aromatic rings. The average molecular weight is 306 g/mol. The summed E-state index contributed by atoms with van der Waals surface area (Å²) in [6, 6.07) is 9.66. The molecule has 1 aromatic carbocycles. The van der Waals surface area contributed by atoms with Crippen LogP contribution in [0.15, 0.2) is 29.2 Å². The Bertz CT molecular complexity index is 418. The number of thioether (sulfide) groups is 1. The molecule has 0 saturated carbocycles. The van der Waals surface area contributed by atoms with E-state index in [0.29, 0.717) is 12.0 Å². The first kappa shape index (κ1) is 16.9. The zero-order valence-electron chi connectivity index (χ0n) is 13.9. The number of hydrogen-bond acceptors (Lipinski definition) is 2. The van der Waals surface area contributed by atoms with Gasteiger partial charge >= 0.3 is 0 Å². The third-order valence-electron chi connectivity index (χ3n) is 4.82. The molecule has 0 saturated heterocycles. The summed E-state index contributed by atoms with van der Waals surface area (Å²) >= 11 is 2.04. The fourth-order valence-corrected chi connectivity index (χ4v) is 4.85. The van der Waals surface area contributed by atoms with Gasteiger partial charge in [-0.15, -0.1) is 11.8 Å². The molecule has 0 bridgehead atoms. The van der Waals surface area contributed by atoms with Crippen molar-refractivity contribution in [2.24, 2.45) is 5.92 Å². The fraction of sp³-hybridized carbons (Fsp3) is 0.684. The second kappa shape index (κ2) is 8.85. The van der Waals surface area contributed by atoms with Crippen LogP contribution in [0.1, 0.15) is 64.4 Å². The second-order valence-corrected chi connectivity index (χ2v) is 7.33. The highest BCUT2D eigenvalue weighted by atomic mass is 32.2. The maximum Gasteiger partial charge on any atom is 0.0147 e. The second-order valence-electron chi connectivity index (χ2n) is 6.27. The van der Waals surface area contributed by atoms with E-state index in [0.717, 1.165) is 12.5 Å². The van der Waals surface area contributed by atoms with Crippen molar-refractivity contribution in [1.29, 1.82) is 0 Å². The van der Waals surface area contributed by atoms with E-state index in [2.05, 4.69) is 50.4 Å². The molecule has 1 N–H and O–H groups in total. The van der Waals surface area contributed by atoms with Crippen molar-refractivity contribution in [3.8, 4) is 0 Å². The zero-order valence-corrected chi connectivity index (χ0v) is 14.7. The van der Waals surface area contributed by atoms with Gasteiger partial charge in [0.1, 0.15) is 0 Å². The van der Waals surface area contributed by atoms with E-state index in [4.69, 9.17) is 0 Å². The van der Waals surface area contributed by atoms with Crippen molar-refractivity contribution in [3.63, 3.8) is 0 Å². The van der Waals surface area contributed by atoms with Crippen LogP contribution < -0.4 is 5.32 Å². The van der Waals surface area contributed by atoms with Crippen molar-refractivity contribution in [2.45, 2.75) is 69.7 Å². The maximum absolute atomic E-state index is 3.79. The lowest BCUT2D eigenvalue weighted by Gasteiger charge is -2.28. The van der Waals surface area contributed by atoms with Gasteiger partial charge in [0.25, 0.3) is 0 Å². The molecule has 1 aliphatic heterocycles. The quantitative estimate of drug-likeness (QED) is 0.650. The highest BCUT2D eigenvalue weighted by Gasteiger charge is 2.30. The van der Waals surface area contributed by atoms with Gasteiger partial charge in [-0.3, -0.25) is 0 Å². The lowest BCUT2D eigenvalue weighted by atomic mass is 9.84. The normalized spacial score (nSPS) is 20.2. The number of unbranched alkanes of at least 4 members (excludes halogenated alkanes) is 1. The summed E-state index contributed by atoms with van der Waals surface area (Å²) < 4.78 is 0. The molecule has 0 fully saturated rings. The molecule has 3 atom stereocenters. The van der Waals surface area contributed by atoms with Gasteiger partial charge in [0.05, 0.1) is 0 Å². The van der Waals surface area contributed by atoms with Crippen molar-refractivity contribution >= 4 is 11.8 Å². The molecule has 0 spiro atoms. The first-order chi connectivity index (χ1) is 10.3. The van der Waals surface area contributed by atoms with Crippen molar-refractivity contribution in [2.75, 3.05) is 12.3 Å².